The fourth-order valence-electron chi connectivity index (χ4n) is 3.25. The van der Waals surface area contributed by atoms with Crippen molar-refractivity contribution in [3.05, 3.63) is 77.9 Å². The zero-order valence-corrected chi connectivity index (χ0v) is 19.0. The van der Waals surface area contributed by atoms with Crippen LogP contribution in [0.5, 0.6) is 5.75 Å². The highest BCUT2D eigenvalue weighted by Crippen LogP contribution is 2.41. The summed E-state index contributed by atoms with van der Waals surface area (Å²) in [4.78, 5) is 22.3. The van der Waals surface area contributed by atoms with E-state index >= 15 is 0 Å². The maximum Gasteiger partial charge on any atom is 0.317 e. The number of primary amides is 1. The van der Waals surface area contributed by atoms with Crippen LogP contribution in [0, 0.1) is 0 Å². The smallest absolute Gasteiger partial charge is 0.317 e. The number of halogens is 1. The summed E-state index contributed by atoms with van der Waals surface area (Å²) in [6.07, 6.45) is 4.68. The molecule has 0 saturated heterocycles. The van der Waals surface area contributed by atoms with Crippen molar-refractivity contribution in [2.75, 3.05) is 12.4 Å². The summed E-state index contributed by atoms with van der Waals surface area (Å²) in [5, 5.41) is 16.0. The van der Waals surface area contributed by atoms with Crippen molar-refractivity contribution in [3.63, 3.8) is 0 Å². The quantitative estimate of drug-likeness (QED) is 0.393. The summed E-state index contributed by atoms with van der Waals surface area (Å²) in [6, 6.07) is 13.0. The summed E-state index contributed by atoms with van der Waals surface area (Å²) in [5.74, 6) is 0.236. The van der Waals surface area contributed by atoms with Gasteiger partial charge in [-0.3, -0.25) is 4.79 Å². The number of aliphatic hydroxyl groups is 1. The maximum absolute atomic E-state index is 12.8. The number of amides is 3. The number of carbonyl (C=O) groups excluding carboxylic acids is 2. The molecular formula is C23H22ClN3O4S. The number of para-hydroxylation sites is 1. The number of hydrogen-bond donors (Lipinski definition) is 4. The summed E-state index contributed by atoms with van der Waals surface area (Å²) in [6.45, 7) is 1.47. The van der Waals surface area contributed by atoms with E-state index in [1.54, 1.807) is 54.6 Å². The highest BCUT2D eigenvalue weighted by molar-refractivity contribution is 7.80. The Kier molecular flexibility index (Phi) is 6.68. The minimum absolute atomic E-state index is 0.142. The number of anilines is 1. The van der Waals surface area contributed by atoms with E-state index in [-0.39, 0.29) is 10.9 Å². The monoisotopic (exact) mass is 471 g/mol. The number of ether oxygens (including phenoxy) is 1. The highest BCUT2D eigenvalue weighted by atomic mass is 35.5. The second-order valence-corrected chi connectivity index (χ2v) is 8.35. The number of rotatable bonds is 5. The number of thiocarbonyl (C=S) groups is 1. The standard InChI is InChI=1S/C23H22ClN3O4S/c1-22(30)11-10-15(13-23(22,24)20(32)27-21(25)29)17-8-3-4-9-18(17)26-19(28)14-6-5-7-16(12-14)31-2/h3-13,30H,1-2H3,(H,26,28)(H3,25,27,29,32). The fraction of sp³-hybridized carbons (Fsp3) is 0.174. The molecule has 0 aliphatic heterocycles. The first-order valence-corrected chi connectivity index (χ1v) is 10.3. The Hall–Kier alpha value is -3.20. The van der Waals surface area contributed by atoms with Crippen LogP contribution in [-0.2, 0) is 0 Å². The molecule has 0 spiro atoms. The van der Waals surface area contributed by atoms with Crippen LogP contribution in [0.4, 0.5) is 10.5 Å². The van der Waals surface area contributed by atoms with Gasteiger partial charge in [0.25, 0.3) is 5.91 Å². The van der Waals surface area contributed by atoms with Crippen LogP contribution < -0.4 is 21.1 Å². The van der Waals surface area contributed by atoms with Crippen molar-refractivity contribution >= 4 is 52.0 Å². The number of hydrogen-bond acceptors (Lipinski definition) is 5. The topological polar surface area (TPSA) is 114 Å². The van der Waals surface area contributed by atoms with Crippen LogP contribution in [-0.4, -0.2) is 39.6 Å². The number of benzene rings is 2. The molecule has 1 aliphatic rings. The van der Waals surface area contributed by atoms with E-state index in [2.05, 4.69) is 10.6 Å². The van der Waals surface area contributed by atoms with E-state index in [1.165, 1.54) is 26.2 Å². The number of urea groups is 1. The molecule has 166 valence electrons. The zero-order chi connectivity index (χ0) is 23.5. The first-order chi connectivity index (χ1) is 15.1. The number of nitrogens with two attached hydrogens (primary N) is 1. The van der Waals surface area contributed by atoms with Gasteiger partial charge in [0.15, 0.2) is 0 Å². The van der Waals surface area contributed by atoms with Gasteiger partial charge in [0.2, 0.25) is 0 Å². The Labute approximate surface area is 195 Å². The normalized spacial score (nSPS) is 21.9. The van der Waals surface area contributed by atoms with E-state index in [0.29, 0.717) is 28.1 Å². The van der Waals surface area contributed by atoms with Crippen molar-refractivity contribution in [3.8, 4) is 5.75 Å². The van der Waals surface area contributed by atoms with E-state index in [4.69, 9.17) is 34.3 Å². The largest absolute Gasteiger partial charge is 0.497 e. The molecule has 2 unspecified atom stereocenters. The summed E-state index contributed by atoms with van der Waals surface area (Å²) in [7, 11) is 1.53. The van der Waals surface area contributed by atoms with E-state index < -0.39 is 16.5 Å². The van der Waals surface area contributed by atoms with E-state index in [0.717, 1.165) is 0 Å². The molecule has 3 amide bonds. The van der Waals surface area contributed by atoms with Gasteiger partial charge in [0.05, 0.1) is 7.11 Å². The fourth-order valence-corrected chi connectivity index (χ4v) is 3.84. The molecule has 0 heterocycles. The van der Waals surface area contributed by atoms with Gasteiger partial charge < -0.3 is 26.2 Å². The van der Waals surface area contributed by atoms with Gasteiger partial charge >= 0.3 is 6.03 Å². The molecule has 9 heteroatoms. The molecular weight excluding hydrogens is 450 g/mol. The maximum atomic E-state index is 12.8. The van der Waals surface area contributed by atoms with Gasteiger partial charge in [-0.05, 0) is 42.8 Å². The molecule has 1 aliphatic carbocycles. The van der Waals surface area contributed by atoms with Crippen molar-refractivity contribution < 1.29 is 19.4 Å². The van der Waals surface area contributed by atoms with Crippen LogP contribution in [0.25, 0.3) is 5.57 Å². The van der Waals surface area contributed by atoms with E-state index in [9.17, 15) is 14.7 Å². The SMILES string of the molecule is COc1cccc(C(=O)Nc2ccccc2C2=CC(Cl)(C(=S)NC(N)=O)C(C)(O)C=C2)c1. The third-order valence-corrected chi connectivity index (χ3v) is 6.28. The van der Waals surface area contributed by atoms with Crippen LogP contribution in [0.3, 0.4) is 0 Å². The van der Waals surface area contributed by atoms with Crippen molar-refractivity contribution in [2.24, 2.45) is 5.73 Å². The molecule has 0 fully saturated rings. The van der Waals surface area contributed by atoms with Crippen LogP contribution in [0.2, 0.25) is 0 Å². The lowest BCUT2D eigenvalue weighted by Crippen LogP contribution is -2.57. The third-order valence-electron chi connectivity index (χ3n) is 5.06. The minimum atomic E-state index is -1.65. The Morgan fingerprint density at radius 1 is 1.19 bits per heavy atom. The molecule has 2 atom stereocenters. The van der Waals surface area contributed by atoms with Gasteiger partial charge in [-0.15, -0.1) is 11.6 Å². The Morgan fingerprint density at radius 2 is 1.91 bits per heavy atom. The number of allylic oxidation sites excluding steroid dienone is 2. The van der Waals surface area contributed by atoms with Crippen molar-refractivity contribution in [1.82, 2.24) is 5.32 Å². The van der Waals surface area contributed by atoms with Crippen LogP contribution in [0.15, 0.2) is 66.8 Å². The van der Waals surface area contributed by atoms with Gasteiger partial charge in [-0.1, -0.05) is 48.6 Å². The van der Waals surface area contributed by atoms with Crippen LogP contribution >= 0.6 is 23.8 Å². The third kappa shape index (κ3) is 4.67. The average Bonchev–Trinajstić information content (AvgIpc) is 2.75. The molecule has 5 N–H and O–H groups in total. The van der Waals surface area contributed by atoms with Gasteiger partial charge in [-0.25, -0.2) is 4.79 Å². The number of nitrogens with one attached hydrogen (secondary N) is 2. The average molecular weight is 472 g/mol. The second-order valence-electron chi connectivity index (χ2n) is 7.34. The first-order valence-electron chi connectivity index (χ1n) is 9.56. The summed E-state index contributed by atoms with van der Waals surface area (Å²) < 4.78 is 5.18. The molecule has 0 bridgehead atoms. The lowest BCUT2D eigenvalue weighted by Gasteiger charge is -2.39. The predicted molar refractivity (Wildman–Crippen MR) is 129 cm³/mol. The molecule has 32 heavy (non-hydrogen) atoms. The van der Waals surface area contributed by atoms with Crippen LogP contribution in [0.1, 0.15) is 22.8 Å². The number of alkyl halides is 1. The first kappa shape index (κ1) is 23.5. The molecule has 7 nitrogen and oxygen atoms in total. The summed E-state index contributed by atoms with van der Waals surface area (Å²) >= 11 is 11.9. The number of carbonyl (C=O) groups is 2. The highest BCUT2D eigenvalue weighted by Gasteiger charge is 2.48. The number of methoxy groups -OCH3 is 1. The molecule has 3 rings (SSSR count). The summed E-state index contributed by atoms with van der Waals surface area (Å²) in [5.41, 5.74) is 5.74. The molecule has 2 aromatic carbocycles. The Morgan fingerprint density at radius 3 is 2.59 bits per heavy atom. The Bertz CT molecular complexity index is 1150. The zero-order valence-electron chi connectivity index (χ0n) is 17.4. The lowest BCUT2D eigenvalue weighted by atomic mass is 9.80. The minimum Gasteiger partial charge on any atom is -0.497 e. The van der Waals surface area contributed by atoms with Gasteiger partial charge in [0, 0.05) is 16.8 Å². The van der Waals surface area contributed by atoms with Gasteiger partial charge in [0.1, 0.15) is 21.2 Å². The molecule has 0 saturated carbocycles. The van der Waals surface area contributed by atoms with Gasteiger partial charge in [-0.2, -0.15) is 0 Å². The molecule has 2 aromatic rings. The second kappa shape index (κ2) is 9.12. The van der Waals surface area contributed by atoms with Crippen molar-refractivity contribution in [1.29, 1.82) is 0 Å². The lowest BCUT2D eigenvalue weighted by molar-refractivity contribution is 0.101. The van der Waals surface area contributed by atoms with E-state index in [1.807, 2.05) is 0 Å². The Balaban J connectivity index is 1.98. The van der Waals surface area contributed by atoms with Crippen molar-refractivity contribution in [2.45, 2.75) is 17.4 Å². The predicted octanol–water partition coefficient (Wildman–Crippen LogP) is 3.63. The molecule has 0 radical (unpaired) electrons. The molecule has 0 aromatic heterocycles.